The highest BCUT2D eigenvalue weighted by molar-refractivity contribution is 7.09. The molecular formula is C14H24N2OS. The fourth-order valence-electron chi connectivity index (χ4n) is 2.80. The molecule has 1 aromatic heterocycles. The van der Waals surface area contributed by atoms with Crippen molar-refractivity contribution >= 4 is 11.3 Å². The average molecular weight is 268 g/mol. The monoisotopic (exact) mass is 268 g/mol. The molecule has 0 radical (unpaired) electrons. The van der Waals surface area contributed by atoms with E-state index in [9.17, 15) is 5.11 Å². The lowest BCUT2D eigenvalue weighted by molar-refractivity contribution is 0.194. The maximum Gasteiger partial charge on any atom is 0.0943 e. The van der Waals surface area contributed by atoms with Gasteiger partial charge in [0.1, 0.15) is 0 Å². The molecule has 0 aromatic carbocycles. The van der Waals surface area contributed by atoms with E-state index in [4.69, 9.17) is 0 Å². The van der Waals surface area contributed by atoms with Gasteiger partial charge in [0.05, 0.1) is 16.8 Å². The maximum absolute atomic E-state index is 9.37. The normalized spacial score (nSPS) is 22.8. The predicted molar refractivity (Wildman–Crippen MR) is 76.1 cm³/mol. The molecular weight excluding hydrogens is 244 g/mol. The molecule has 3 nitrogen and oxygen atoms in total. The maximum atomic E-state index is 9.37. The Hall–Kier alpha value is -0.450. The SMILES string of the molecule is CC(O)Cc1csc(CC2CCCN2C(C)C)n1. The number of thiazole rings is 1. The second-order valence-corrected chi connectivity index (χ2v) is 6.56. The van der Waals surface area contributed by atoms with Crippen LogP contribution in [0.2, 0.25) is 0 Å². The van der Waals surface area contributed by atoms with Crippen molar-refractivity contribution in [3.05, 3.63) is 16.1 Å². The fourth-order valence-corrected chi connectivity index (χ4v) is 3.68. The lowest BCUT2D eigenvalue weighted by Crippen LogP contribution is -2.36. The Kier molecular flexibility index (Phi) is 4.76. The molecule has 2 unspecified atom stereocenters. The zero-order valence-corrected chi connectivity index (χ0v) is 12.4. The highest BCUT2D eigenvalue weighted by Crippen LogP contribution is 2.24. The van der Waals surface area contributed by atoms with Crippen molar-refractivity contribution in [1.82, 2.24) is 9.88 Å². The summed E-state index contributed by atoms with van der Waals surface area (Å²) in [7, 11) is 0. The number of rotatable bonds is 5. The van der Waals surface area contributed by atoms with Gasteiger partial charge in [-0.25, -0.2) is 4.98 Å². The molecule has 0 saturated carbocycles. The molecule has 4 heteroatoms. The minimum Gasteiger partial charge on any atom is -0.393 e. The van der Waals surface area contributed by atoms with Crippen molar-refractivity contribution in [3.8, 4) is 0 Å². The zero-order chi connectivity index (χ0) is 13.1. The van der Waals surface area contributed by atoms with Crippen LogP contribution < -0.4 is 0 Å². The first-order valence-electron chi connectivity index (χ1n) is 6.93. The molecule has 1 aromatic rings. The summed E-state index contributed by atoms with van der Waals surface area (Å²) in [5.41, 5.74) is 1.04. The lowest BCUT2D eigenvalue weighted by atomic mass is 10.1. The topological polar surface area (TPSA) is 36.4 Å². The molecule has 1 aliphatic heterocycles. The number of aromatic nitrogens is 1. The molecule has 2 atom stereocenters. The van der Waals surface area contributed by atoms with Gasteiger partial charge in [-0.2, -0.15) is 0 Å². The van der Waals surface area contributed by atoms with Gasteiger partial charge in [-0.1, -0.05) is 0 Å². The smallest absolute Gasteiger partial charge is 0.0943 e. The van der Waals surface area contributed by atoms with E-state index in [-0.39, 0.29) is 6.10 Å². The van der Waals surface area contributed by atoms with Crippen LogP contribution in [-0.4, -0.2) is 39.7 Å². The summed E-state index contributed by atoms with van der Waals surface area (Å²) >= 11 is 1.74. The highest BCUT2D eigenvalue weighted by atomic mass is 32.1. The van der Waals surface area contributed by atoms with Crippen molar-refractivity contribution < 1.29 is 5.11 Å². The Morgan fingerprint density at radius 2 is 2.28 bits per heavy atom. The van der Waals surface area contributed by atoms with Crippen LogP contribution in [0.4, 0.5) is 0 Å². The van der Waals surface area contributed by atoms with Gasteiger partial charge in [0, 0.05) is 30.3 Å². The van der Waals surface area contributed by atoms with Crippen LogP contribution >= 0.6 is 11.3 Å². The third kappa shape index (κ3) is 3.53. The Balaban J connectivity index is 1.94. The number of nitrogens with zero attached hydrogens (tertiary/aromatic N) is 2. The first kappa shape index (κ1) is 14.0. The molecule has 1 N–H and O–H groups in total. The largest absolute Gasteiger partial charge is 0.393 e. The minimum absolute atomic E-state index is 0.293. The van der Waals surface area contributed by atoms with Crippen LogP contribution in [-0.2, 0) is 12.8 Å². The molecule has 1 fully saturated rings. The third-order valence-electron chi connectivity index (χ3n) is 3.60. The summed E-state index contributed by atoms with van der Waals surface area (Å²) in [4.78, 5) is 7.23. The van der Waals surface area contributed by atoms with Gasteiger partial charge in [-0.05, 0) is 40.2 Å². The molecule has 102 valence electrons. The molecule has 0 bridgehead atoms. The first-order chi connectivity index (χ1) is 8.56. The third-order valence-corrected chi connectivity index (χ3v) is 4.52. The Bertz CT molecular complexity index is 376. The van der Waals surface area contributed by atoms with E-state index in [1.807, 2.05) is 6.92 Å². The number of likely N-dealkylation sites (tertiary alicyclic amines) is 1. The van der Waals surface area contributed by atoms with Crippen LogP contribution in [0.25, 0.3) is 0 Å². The molecule has 2 heterocycles. The van der Waals surface area contributed by atoms with Crippen LogP contribution in [0.5, 0.6) is 0 Å². The zero-order valence-electron chi connectivity index (χ0n) is 11.6. The van der Waals surface area contributed by atoms with Gasteiger partial charge in [0.15, 0.2) is 0 Å². The molecule has 18 heavy (non-hydrogen) atoms. The van der Waals surface area contributed by atoms with Gasteiger partial charge < -0.3 is 5.11 Å². The fraction of sp³-hybridized carbons (Fsp3) is 0.786. The average Bonchev–Trinajstić information content (AvgIpc) is 2.87. The van der Waals surface area contributed by atoms with Crippen molar-refractivity contribution in [1.29, 1.82) is 0 Å². The van der Waals surface area contributed by atoms with E-state index in [1.165, 1.54) is 24.4 Å². The quantitative estimate of drug-likeness (QED) is 0.891. The minimum atomic E-state index is -0.293. The molecule has 1 saturated heterocycles. The van der Waals surface area contributed by atoms with E-state index in [0.29, 0.717) is 18.5 Å². The molecule has 0 aliphatic carbocycles. The van der Waals surface area contributed by atoms with Crippen molar-refractivity contribution in [2.75, 3.05) is 6.54 Å². The highest BCUT2D eigenvalue weighted by Gasteiger charge is 2.27. The summed E-state index contributed by atoms with van der Waals surface area (Å²) in [6.45, 7) is 7.60. The van der Waals surface area contributed by atoms with E-state index < -0.39 is 0 Å². The second-order valence-electron chi connectivity index (χ2n) is 5.62. The van der Waals surface area contributed by atoms with Gasteiger partial charge in [-0.15, -0.1) is 11.3 Å². The summed E-state index contributed by atoms with van der Waals surface area (Å²) in [5, 5.41) is 12.7. The molecule has 1 aliphatic rings. The van der Waals surface area contributed by atoms with Crippen LogP contribution in [0, 0.1) is 0 Å². The number of hydrogen-bond donors (Lipinski definition) is 1. The molecule has 0 spiro atoms. The van der Waals surface area contributed by atoms with E-state index in [1.54, 1.807) is 11.3 Å². The second kappa shape index (κ2) is 6.13. The van der Waals surface area contributed by atoms with E-state index in [2.05, 4.69) is 29.1 Å². The molecule has 0 amide bonds. The Morgan fingerprint density at radius 1 is 1.50 bits per heavy atom. The van der Waals surface area contributed by atoms with Gasteiger partial charge in [0.2, 0.25) is 0 Å². The Labute approximate surface area is 114 Å². The van der Waals surface area contributed by atoms with E-state index in [0.717, 1.165) is 12.1 Å². The van der Waals surface area contributed by atoms with Gasteiger partial charge in [0.25, 0.3) is 0 Å². The lowest BCUT2D eigenvalue weighted by Gasteiger charge is -2.27. The summed E-state index contributed by atoms with van der Waals surface area (Å²) < 4.78 is 0. The standard InChI is InChI=1S/C14H24N2OS/c1-10(2)16-6-4-5-13(16)8-14-15-12(9-18-14)7-11(3)17/h9-11,13,17H,4-8H2,1-3H3. The summed E-state index contributed by atoms with van der Waals surface area (Å²) in [6, 6.07) is 1.30. The number of aliphatic hydroxyl groups is 1. The predicted octanol–water partition coefficient (Wildman–Crippen LogP) is 2.48. The summed E-state index contributed by atoms with van der Waals surface area (Å²) in [6.07, 6.45) is 4.06. The van der Waals surface area contributed by atoms with Crippen molar-refractivity contribution in [3.63, 3.8) is 0 Å². The Morgan fingerprint density at radius 3 is 2.94 bits per heavy atom. The van der Waals surface area contributed by atoms with Gasteiger partial charge >= 0.3 is 0 Å². The van der Waals surface area contributed by atoms with Crippen LogP contribution in [0.15, 0.2) is 5.38 Å². The number of aliphatic hydroxyl groups excluding tert-OH is 1. The van der Waals surface area contributed by atoms with Crippen LogP contribution in [0.3, 0.4) is 0 Å². The first-order valence-corrected chi connectivity index (χ1v) is 7.81. The number of hydrogen-bond acceptors (Lipinski definition) is 4. The van der Waals surface area contributed by atoms with Crippen LogP contribution in [0.1, 0.15) is 44.3 Å². The van der Waals surface area contributed by atoms with Gasteiger partial charge in [-0.3, -0.25) is 4.90 Å². The van der Waals surface area contributed by atoms with Crippen molar-refractivity contribution in [2.45, 2.75) is 64.6 Å². The van der Waals surface area contributed by atoms with Crippen molar-refractivity contribution in [2.24, 2.45) is 0 Å². The van der Waals surface area contributed by atoms with E-state index >= 15 is 0 Å². The summed E-state index contributed by atoms with van der Waals surface area (Å²) in [5.74, 6) is 0. The molecule has 2 rings (SSSR count).